The minimum Gasteiger partial charge on any atom is -0.338 e. The van der Waals surface area contributed by atoms with Crippen molar-refractivity contribution in [2.75, 3.05) is 17.3 Å². The Balaban J connectivity index is 1.35. The number of imidazole rings is 1. The van der Waals surface area contributed by atoms with E-state index in [-0.39, 0.29) is 5.91 Å². The first kappa shape index (κ1) is 21.9. The van der Waals surface area contributed by atoms with E-state index in [9.17, 15) is 14.4 Å². The van der Waals surface area contributed by atoms with Crippen molar-refractivity contribution in [2.45, 2.75) is 12.5 Å². The number of H-pyrrole nitrogens is 1. The minimum absolute atomic E-state index is 0.338. The largest absolute Gasteiger partial charge is 0.338 e. The summed E-state index contributed by atoms with van der Waals surface area (Å²) >= 11 is 1.56. The molecule has 0 aliphatic carbocycles. The molecular weight excluding hydrogens is 448 g/mol. The third-order valence-electron chi connectivity index (χ3n) is 5.85. The number of anilines is 1. The number of carbonyl (C=O) groups excluding carboxylic acids is 3. The van der Waals surface area contributed by atoms with Gasteiger partial charge in [-0.1, -0.05) is 24.3 Å². The minimum atomic E-state index is -0.894. The molecule has 0 spiro atoms. The zero-order valence-corrected chi connectivity index (χ0v) is 19.3. The summed E-state index contributed by atoms with van der Waals surface area (Å²) in [7, 11) is 0. The molecule has 7 nitrogen and oxygen atoms in total. The van der Waals surface area contributed by atoms with E-state index in [1.54, 1.807) is 48.2 Å². The summed E-state index contributed by atoms with van der Waals surface area (Å²) in [6.07, 6.45) is 2.30. The molecule has 1 aliphatic heterocycles. The molecule has 4 aromatic rings. The van der Waals surface area contributed by atoms with E-state index in [1.807, 2.05) is 42.7 Å². The molecule has 34 heavy (non-hydrogen) atoms. The van der Waals surface area contributed by atoms with Crippen molar-refractivity contribution < 1.29 is 14.4 Å². The van der Waals surface area contributed by atoms with E-state index in [4.69, 9.17) is 0 Å². The fourth-order valence-corrected chi connectivity index (χ4v) is 4.58. The van der Waals surface area contributed by atoms with Gasteiger partial charge in [0.25, 0.3) is 11.8 Å². The number of para-hydroxylation sites is 2. The van der Waals surface area contributed by atoms with Crippen LogP contribution in [-0.2, 0) is 4.79 Å². The highest BCUT2D eigenvalue weighted by atomic mass is 32.2. The van der Waals surface area contributed by atoms with Crippen LogP contribution in [0.3, 0.4) is 0 Å². The molecule has 1 aromatic heterocycles. The monoisotopic (exact) mass is 470 g/mol. The smallest absolute Gasteiger partial charge is 0.262 e. The maximum Gasteiger partial charge on any atom is 0.262 e. The first-order valence-electron chi connectivity index (χ1n) is 10.9. The Morgan fingerprint density at radius 2 is 1.62 bits per heavy atom. The Morgan fingerprint density at radius 1 is 0.971 bits per heavy atom. The Morgan fingerprint density at radius 3 is 2.26 bits per heavy atom. The summed E-state index contributed by atoms with van der Waals surface area (Å²) in [5, 5.41) is 2.88. The van der Waals surface area contributed by atoms with Crippen LogP contribution in [0.1, 0.15) is 27.1 Å². The van der Waals surface area contributed by atoms with Gasteiger partial charge in [0.15, 0.2) is 0 Å². The van der Waals surface area contributed by atoms with Crippen LogP contribution < -0.4 is 5.32 Å². The van der Waals surface area contributed by atoms with Crippen LogP contribution in [-0.4, -0.2) is 50.6 Å². The van der Waals surface area contributed by atoms with Crippen LogP contribution in [0.2, 0.25) is 0 Å². The van der Waals surface area contributed by atoms with Crippen LogP contribution in [0.25, 0.3) is 22.4 Å². The van der Waals surface area contributed by atoms with E-state index >= 15 is 0 Å². The normalized spacial score (nSPS) is 13.9. The average Bonchev–Trinajstić information content (AvgIpc) is 3.40. The van der Waals surface area contributed by atoms with E-state index in [0.29, 0.717) is 29.0 Å². The quantitative estimate of drug-likeness (QED) is 0.385. The molecular formula is C26H22N4O3S. The number of carbonyl (C=O) groups is 3. The fraction of sp³-hybridized carbons (Fsp3) is 0.154. The number of hydrogen-bond donors (Lipinski definition) is 2. The van der Waals surface area contributed by atoms with Gasteiger partial charge >= 0.3 is 0 Å². The van der Waals surface area contributed by atoms with Crippen LogP contribution in [0, 0.1) is 0 Å². The number of benzene rings is 3. The lowest BCUT2D eigenvalue weighted by atomic mass is 10.1. The highest BCUT2D eigenvalue weighted by Gasteiger charge is 2.42. The van der Waals surface area contributed by atoms with Gasteiger partial charge in [-0.05, 0) is 67.0 Å². The number of hydrogen-bond acceptors (Lipinski definition) is 5. The molecule has 5 rings (SSSR count). The van der Waals surface area contributed by atoms with Crippen molar-refractivity contribution in [3.63, 3.8) is 0 Å². The van der Waals surface area contributed by atoms with Gasteiger partial charge in [0.2, 0.25) is 5.91 Å². The number of rotatable bonds is 7. The third-order valence-corrected chi connectivity index (χ3v) is 6.49. The summed E-state index contributed by atoms with van der Waals surface area (Å²) in [5.74, 6) is 0.128. The Labute approximate surface area is 200 Å². The van der Waals surface area contributed by atoms with Gasteiger partial charge in [-0.15, -0.1) is 0 Å². The third kappa shape index (κ3) is 3.97. The lowest BCUT2D eigenvalue weighted by Gasteiger charge is -2.25. The van der Waals surface area contributed by atoms with Crippen molar-refractivity contribution in [2.24, 2.45) is 0 Å². The zero-order valence-electron chi connectivity index (χ0n) is 18.4. The topological polar surface area (TPSA) is 95.2 Å². The van der Waals surface area contributed by atoms with Gasteiger partial charge in [-0.25, -0.2) is 4.98 Å². The Bertz CT molecular complexity index is 1330. The summed E-state index contributed by atoms with van der Waals surface area (Å²) in [6.45, 7) is 0. The second-order valence-electron chi connectivity index (χ2n) is 7.99. The van der Waals surface area contributed by atoms with Gasteiger partial charge in [0, 0.05) is 11.3 Å². The molecule has 0 bridgehead atoms. The highest BCUT2D eigenvalue weighted by molar-refractivity contribution is 7.98. The molecule has 3 amide bonds. The van der Waals surface area contributed by atoms with Crippen molar-refractivity contribution in [3.8, 4) is 11.4 Å². The molecule has 170 valence electrons. The predicted molar refractivity (Wildman–Crippen MR) is 134 cm³/mol. The number of amides is 3. The molecule has 0 fully saturated rings. The number of imide groups is 1. The second kappa shape index (κ2) is 9.15. The van der Waals surface area contributed by atoms with E-state index in [2.05, 4.69) is 15.3 Å². The summed E-state index contributed by atoms with van der Waals surface area (Å²) in [4.78, 5) is 48.1. The number of nitrogens with one attached hydrogen (secondary N) is 2. The number of fused-ring (bicyclic) bond motifs is 2. The van der Waals surface area contributed by atoms with Gasteiger partial charge < -0.3 is 10.3 Å². The lowest BCUT2D eigenvalue weighted by molar-refractivity contribution is -0.120. The van der Waals surface area contributed by atoms with E-state index < -0.39 is 17.9 Å². The van der Waals surface area contributed by atoms with Crippen LogP contribution in [0.15, 0.2) is 72.8 Å². The van der Waals surface area contributed by atoms with Crippen molar-refractivity contribution >= 4 is 46.2 Å². The Kier molecular flexibility index (Phi) is 5.90. The predicted octanol–water partition coefficient (Wildman–Crippen LogP) is 4.59. The van der Waals surface area contributed by atoms with Crippen molar-refractivity contribution in [3.05, 3.63) is 83.9 Å². The van der Waals surface area contributed by atoms with Crippen LogP contribution in [0.4, 0.5) is 5.69 Å². The SMILES string of the molecule is CSCCC(C(=O)Nc1ccc(-c2nc3ccccc3[nH]2)cc1)N1C(=O)c2ccccc2C1=O. The molecule has 8 heteroatoms. The number of nitrogens with zero attached hydrogens (tertiary/aromatic N) is 2. The molecule has 1 aliphatic rings. The Hall–Kier alpha value is -3.91. The molecule has 0 saturated carbocycles. The number of aromatic nitrogens is 2. The molecule has 2 N–H and O–H groups in total. The molecule has 0 radical (unpaired) electrons. The number of thioether (sulfide) groups is 1. The maximum absolute atomic E-state index is 13.2. The standard InChI is InChI=1S/C26H22N4O3S/c1-34-15-14-22(30-25(32)18-6-2-3-7-19(18)26(30)33)24(31)27-17-12-10-16(11-13-17)23-28-20-8-4-5-9-21(20)29-23/h2-13,22H,14-15H2,1H3,(H,27,31)(H,28,29). The average molecular weight is 471 g/mol. The zero-order chi connectivity index (χ0) is 23.7. The summed E-state index contributed by atoms with van der Waals surface area (Å²) < 4.78 is 0. The van der Waals surface area contributed by atoms with E-state index in [0.717, 1.165) is 27.3 Å². The molecule has 1 atom stereocenters. The van der Waals surface area contributed by atoms with Gasteiger partial charge in [0.05, 0.1) is 22.2 Å². The van der Waals surface area contributed by atoms with Gasteiger partial charge in [-0.2, -0.15) is 11.8 Å². The lowest BCUT2D eigenvalue weighted by Crippen LogP contribution is -2.47. The summed E-state index contributed by atoms with van der Waals surface area (Å²) in [5.41, 5.74) is 3.97. The number of aromatic amines is 1. The fourth-order valence-electron chi connectivity index (χ4n) is 4.12. The molecule has 0 saturated heterocycles. The van der Waals surface area contributed by atoms with Crippen molar-refractivity contribution in [1.82, 2.24) is 14.9 Å². The first-order chi connectivity index (χ1) is 16.6. The molecule has 3 aromatic carbocycles. The second-order valence-corrected chi connectivity index (χ2v) is 8.98. The van der Waals surface area contributed by atoms with E-state index in [1.165, 1.54) is 0 Å². The molecule has 2 heterocycles. The van der Waals surface area contributed by atoms with Crippen LogP contribution in [0.5, 0.6) is 0 Å². The van der Waals surface area contributed by atoms with Gasteiger partial charge in [-0.3, -0.25) is 19.3 Å². The maximum atomic E-state index is 13.2. The first-order valence-corrected chi connectivity index (χ1v) is 12.3. The molecule has 1 unspecified atom stereocenters. The van der Waals surface area contributed by atoms with Crippen molar-refractivity contribution in [1.29, 1.82) is 0 Å². The van der Waals surface area contributed by atoms with Gasteiger partial charge in [0.1, 0.15) is 11.9 Å². The highest BCUT2D eigenvalue weighted by Crippen LogP contribution is 2.27. The summed E-state index contributed by atoms with van der Waals surface area (Å²) in [6, 6.07) is 20.9. The van der Waals surface area contributed by atoms with Crippen LogP contribution >= 0.6 is 11.8 Å².